The van der Waals surface area contributed by atoms with Crippen LogP contribution in [-0.2, 0) is 9.59 Å². The van der Waals surface area contributed by atoms with Gasteiger partial charge in [0.1, 0.15) is 18.1 Å². The van der Waals surface area contributed by atoms with Crippen LogP contribution in [0.4, 0.5) is 11.4 Å². The second-order valence-corrected chi connectivity index (χ2v) is 8.86. The van der Waals surface area contributed by atoms with Crippen LogP contribution in [0.2, 0.25) is 5.02 Å². The lowest BCUT2D eigenvalue weighted by atomic mass is 10.1. The van der Waals surface area contributed by atoms with Gasteiger partial charge < -0.3 is 19.7 Å². The molecule has 0 fully saturated rings. The van der Waals surface area contributed by atoms with Crippen molar-refractivity contribution in [3.8, 4) is 11.5 Å². The normalized spacial score (nSPS) is 14.2. The van der Waals surface area contributed by atoms with Crippen LogP contribution in [0.1, 0.15) is 27.1 Å². The molecule has 3 aromatic rings. The van der Waals surface area contributed by atoms with Crippen molar-refractivity contribution >= 4 is 46.6 Å². The molecule has 0 radical (unpaired) electrons. The van der Waals surface area contributed by atoms with E-state index in [2.05, 4.69) is 5.32 Å². The van der Waals surface area contributed by atoms with Crippen LogP contribution < -0.4 is 19.7 Å². The van der Waals surface area contributed by atoms with Gasteiger partial charge in [-0.1, -0.05) is 23.7 Å². The first-order chi connectivity index (χ1) is 17.9. The van der Waals surface area contributed by atoms with Crippen molar-refractivity contribution in [1.29, 1.82) is 0 Å². The lowest BCUT2D eigenvalue weighted by molar-refractivity contribution is -0.121. The number of anilines is 2. The Bertz CT molecular complexity index is 1360. The summed E-state index contributed by atoms with van der Waals surface area (Å²) >= 11 is 5.89. The number of hydrogen-bond acceptors (Lipinski definition) is 6. The van der Waals surface area contributed by atoms with E-state index in [1.807, 2.05) is 0 Å². The van der Waals surface area contributed by atoms with E-state index >= 15 is 0 Å². The number of halogens is 1. The molecule has 0 bridgehead atoms. The van der Waals surface area contributed by atoms with Crippen LogP contribution in [0, 0.1) is 0 Å². The monoisotopic (exact) mass is 519 g/mol. The molecule has 4 amide bonds. The third kappa shape index (κ3) is 5.12. The molecule has 2 heterocycles. The lowest BCUT2D eigenvalue weighted by Gasteiger charge is -2.29. The maximum Gasteiger partial charge on any atom is 0.265 e. The molecule has 1 N–H and O–H groups in total. The van der Waals surface area contributed by atoms with Crippen LogP contribution in [0.3, 0.4) is 0 Å². The van der Waals surface area contributed by atoms with Crippen molar-refractivity contribution in [2.75, 3.05) is 36.5 Å². The van der Waals surface area contributed by atoms with Crippen molar-refractivity contribution in [3.05, 3.63) is 82.9 Å². The number of nitrogens with one attached hydrogen (secondary N) is 1. The van der Waals surface area contributed by atoms with Gasteiger partial charge in [0.15, 0.2) is 6.61 Å². The smallest absolute Gasteiger partial charge is 0.265 e. The van der Waals surface area contributed by atoms with Gasteiger partial charge in [-0.05, 0) is 54.6 Å². The van der Waals surface area contributed by atoms with Gasteiger partial charge in [-0.2, -0.15) is 0 Å². The molecule has 10 heteroatoms. The standard InChI is InChI=1S/C27H22ClN3O6/c28-17-5-8-19(9-6-17)36-14-13-30-22-15-18(7-10-23(22)37-16-25(30)33)29-24(32)11-12-31-26(34)20-3-1-2-4-21(20)27(31)35/h1-10,15H,11-14,16H2,(H,29,32). The summed E-state index contributed by atoms with van der Waals surface area (Å²) in [5, 5.41) is 3.36. The van der Waals surface area contributed by atoms with Gasteiger partial charge >= 0.3 is 0 Å². The first-order valence-electron chi connectivity index (χ1n) is 11.6. The van der Waals surface area contributed by atoms with Gasteiger partial charge in [0.2, 0.25) is 5.91 Å². The first-order valence-corrected chi connectivity index (χ1v) is 12.0. The number of imide groups is 1. The Kier molecular flexibility index (Phi) is 6.78. The Hall–Kier alpha value is -4.37. The average Bonchev–Trinajstić information content (AvgIpc) is 3.14. The van der Waals surface area contributed by atoms with E-state index in [1.165, 1.54) is 0 Å². The van der Waals surface area contributed by atoms with Crippen molar-refractivity contribution in [2.45, 2.75) is 6.42 Å². The third-order valence-corrected chi connectivity index (χ3v) is 6.28. The molecule has 0 atom stereocenters. The van der Waals surface area contributed by atoms with Gasteiger partial charge in [-0.3, -0.25) is 24.1 Å². The van der Waals surface area contributed by atoms with Crippen molar-refractivity contribution in [2.24, 2.45) is 0 Å². The predicted octanol–water partition coefficient (Wildman–Crippen LogP) is 3.77. The Balaban J connectivity index is 1.20. The van der Waals surface area contributed by atoms with E-state index in [4.69, 9.17) is 21.1 Å². The summed E-state index contributed by atoms with van der Waals surface area (Å²) in [6.45, 7) is 0.372. The van der Waals surface area contributed by atoms with E-state index in [9.17, 15) is 19.2 Å². The van der Waals surface area contributed by atoms with Crippen LogP contribution in [0.5, 0.6) is 11.5 Å². The molecule has 5 rings (SSSR count). The molecule has 0 unspecified atom stereocenters. The number of rotatable bonds is 8. The molecule has 0 saturated carbocycles. The molecule has 3 aromatic carbocycles. The van der Waals surface area contributed by atoms with Gasteiger partial charge in [-0.15, -0.1) is 0 Å². The van der Waals surface area contributed by atoms with Gasteiger partial charge in [0, 0.05) is 23.7 Å². The minimum absolute atomic E-state index is 0.0428. The zero-order valence-corrected chi connectivity index (χ0v) is 20.4. The number of carbonyl (C=O) groups is 4. The summed E-state index contributed by atoms with van der Waals surface area (Å²) in [5.74, 6) is -0.290. The third-order valence-electron chi connectivity index (χ3n) is 6.02. The van der Waals surface area contributed by atoms with Crippen LogP contribution in [0.15, 0.2) is 66.7 Å². The second-order valence-electron chi connectivity index (χ2n) is 8.42. The van der Waals surface area contributed by atoms with E-state index in [1.54, 1.807) is 71.6 Å². The average molecular weight is 520 g/mol. The van der Waals surface area contributed by atoms with E-state index in [0.29, 0.717) is 39.0 Å². The molecule has 2 aliphatic rings. The quantitative estimate of drug-likeness (QED) is 0.454. The highest BCUT2D eigenvalue weighted by Crippen LogP contribution is 2.34. The fraction of sp³-hybridized carbons (Fsp3) is 0.185. The molecule has 188 valence electrons. The SMILES string of the molecule is O=C(CCN1C(=O)c2ccccc2C1=O)Nc1ccc2c(c1)N(CCOc1ccc(Cl)cc1)C(=O)CO2. The second kappa shape index (κ2) is 10.3. The molecular weight excluding hydrogens is 498 g/mol. The predicted molar refractivity (Wildman–Crippen MR) is 136 cm³/mol. The van der Waals surface area contributed by atoms with Crippen LogP contribution in [-0.4, -0.2) is 54.8 Å². The van der Waals surface area contributed by atoms with E-state index in [0.717, 1.165) is 4.90 Å². The topological polar surface area (TPSA) is 105 Å². The summed E-state index contributed by atoms with van der Waals surface area (Å²) in [5.41, 5.74) is 1.64. The number of ether oxygens (including phenoxy) is 2. The molecule has 0 aromatic heterocycles. The molecule has 0 spiro atoms. The molecule has 9 nitrogen and oxygen atoms in total. The Morgan fingerprint density at radius 1 is 0.919 bits per heavy atom. The highest BCUT2D eigenvalue weighted by Gasteiger charge is 2.35. The number of carbonyl (C=O) groups excluding carboxylic acids is 4. The summed E-state index contributed by atoms with van der Waals surface area (Å²) in [4.78, 5) is 52.8. The highest BCUT2D eigenvalue weighted by molar-refractivity contribution is 6.30. The molecule has 37 heavy (non-hydrogen) atoms. The van der Waals surface area contributed by atoms with Gasteiger partial charge in [-0.25, -0.2) is 0 Å². The lowest BCUT2D eigenvalue weighted by Crippen LogP contribution is -2.41. The molecule has 2 aliphatic heterocycles. The van der Waals surface area contributed by atoms with E-state index < -0.39 is 11.8 Å². The van der Waals surface area contributed by atoms with Crippen LogP contribution >= 0.6 is 11.6 Å². The number of benzene rings is 3. The number of fused-ring (bicyclic) bond motifs is 2. The maximum absolute atomic E-state index is 12.6. The van der Waals surface area contributed by atoms with E-state index in [-0.39, 0.29) is 44.5 Å². The summed E-state index contributed by atoms with van der Waals surface area (Å²) < 4.78 is 11.3. The minimum atomic E-state index is -0.408. The Morgan fingerprint density at radius 2 is 1.62 bits per heavy atom. The molecular formula is C27H22ClN3O6. The zero-order chi connectivity index (χ0) is 25.9. The Labute approximate surface area is 217 Å². The zero-order valence-electron chi connectivity index (χ0n) is 19.6. The van der Waals surface area contributed by atoms with Crippen molar-refractivity contribution in [3.63, 3.8) is 0 Å². The van der Waals surface area contributed by atoms with Crippen LogP contribution in [0.25, 0.3) is 0 Å². The number of amides is 4. The van der Waals surface area contributed by atoms with Gasteiger partial charge in [0.25, 0.3) is 17.7 Å². The molecule has 0 saturated heterocycles. The van der Waals surface area contributed by atoms with Gasteiger partial charge in [0.05, 0.1) is 23.4 Å². The Morgan fingerprint density at radius 3 is 2.32 bits per heavy atom. The first kappa shape index (κ1) is 24.3. The summed E-state index contributed by atoms with van der Waals surface area (Å²) in [7, 11) is 0. The molecule has 0 aliphatic carbocycles. The summed E-state index contributed by atoms with van der Waals surface area (Å²) in [6.07, 6.45) is -0.0728. The fourth-order valence-electron chi connectivity index (χ4n) is 4.19. The fourth-order valence-corrected chi connectivity index (χ4v) is 4.32. The number of hydrogen-bond donors (Lipinski definition) is 1. The van der Waals surface area contributed by atoms with Crippen molar-refractivity contribution in [1.82, 2.24) is 4.90 Å². The largest absolute Gasteiger partial charge is 0.492 e. The minimum Gasteiger partial charge on any atom is -0.492 e. The van der Waals surface area contributed by atoms with Crippen molar-refractivity contribution < 1.29 is 28.7 Å². The summed E-state index contributed by atoms with van der Waals surface area (Å²) in [6, 6.07) is 18.5. The highest BCUT2D eigenvalue weighted by atomic mass is 35.5. The number of nitrogens with zero attached hydrogens (tertiary/aromatic N) is 2. The maximum atomic E-state index is 12.6.